The van der Waals surface area contributed by atoms with Gasteiger partial charge in [-0.15, -0.1) is 23.1 Å². The topological polar surface area (TPSA) is 24.9 Å². The first-order valence-corrected chi connectivity index (χ1v) is 13.9. The summed E-state index contributed by atoms with van der Waals surface area (Å²) in [6.45, 7) is 11.1. The molecule has 0 aromatic carbocycles. The third-order valence-corrected chi connectivity index (χ3v) is 8.99. The molecule has 2 aromatic heterocycles. The molecule has 2 aromatic rings. The molecule has 1 N–H and O–H groups in total. The number of nitrogens with zero attached hydrogens (tertiary/aromatic N) is 1. The van der Waals surface area contributed by atoms with Gasteiger partial charge in [-0.3, -0.25) is 0 Å². The molecule has 29 heavy (non-hydrogen) atoms. The molecule has 0 amide bonds. The molecule has 1 fully saturated rings. The molecule has 6 heteroatoms. The van der Waals surface area contributed by atoms with Crippen molar-refractivity contribution >= 4 is 66.5 Å². The summed E-state index contributed by atoms with van der Waals surface area (Å²) in [5, 5.41) is 4.17. The van der Waals surface area contributed by atoms with Crippen molar-refractivity contribution in [1.82, 2.24) is 4.98 Å². The highest BCUT2D eigenvalue weighted by Crippen LogP contribution is 2.46. The minimum Gasteiger partial charge on any atom is -0.379 e. The number of anilines is 1. The molecule has 1 aliphatic heterocycles. The summed E-state index contributed by atoms with van der Waals surface area (Å²) in [6, 6.07) is 1.97. The van der Waals surface area contributed by atoms with Crippen LogP contribution in [0.1, 0.15) is 77.5 Å². The molecule has 4 rings (SSSR count). The summed E-state index contributed by atoms with van der Waals surface area (Å²) in [5.41, 5.74) is 2.13. The third-order valence-electron chi connectivity index (χ3n) is 5.01. The van der Waals surface area contributed by atoms with E-state index in [1.54, 1.807) is 0 Å². The van der Waals surface area contributed by atoms with E-state index in [0.717, 1.165) is 22.2 Å². The number of allylic oxidation sites excluding steroid dienone is 1. The smallest absolute Gasteiger partial charge is 0.131 e. The second-order valence-corrected chi connectivity index (χ2v) is 10.4. The van der Waals surface area contributed by atoms with Gasteiger partial charge in [0.15, 0.2) is 0 Å². The summed E-state index contributed by atoms with van der Waals surface area (Å²) in [6.07, 6.45) is 9.02. The Labute approximate surface area is 198 Å². The zero-order valence-corrected chi connectivity index (χ0v) is 22.3. The summed E-state index contributed by atoms with van der Waals surface area (Å²) >= 11 is 14.0. The Bertz CT molecular complexity index is 813. The van der Waals surface area contributed by atoms with Crippen LogP contribution in [0.25, 0.3) is 10.2 Å². The molecule has 0 bridgehead atoms. The zero-order valence-electron chi connectivity index (χ0n) is 18.3. The predicted octanol–water partition coefficient (Wildman–Crippen LogP) is 9.49. The van der Waals surface area contributed by atoms with Gasteiger partial charge in [-0.2, -0.15) is 0 Å². The Kier molecular flexibility index (Phi) is 10.9. The fraction of sp³-hybridized carbons (Fsp3) is 0.609. The van der Waals surface area contributed by atoms with Gasteiger partial charge in [-0.1, -0.05) is 71.6 Å². The van der Waals surface area contributed by atoms with E-state index in [9.17, 15) is 0 Å². The Morgan fingerprint density at radius 2 is 1.86 bits per heavy atom. The first-order valence-electron chi connectivity index (χ1n) is 11.0. The number of hydrogen-bond donors (Lipinski definition) is 1. The molecule has 0 saturated heterocycles. The molecule has 0 radical (unpaired) electrons. The lowest BCUT2D eigenvalue weighted by molar-refractivity contribution is 0.447. The van der Waals surface area contributed by atoms with E-state index in [2.05, 4.69) is 39.2 Å². The fourth-order valence-corrected chi connectivity index (χ4v) is 7.28. The number of nitrogens with one attached hydrogen (secondary N) is 1. The Hall–Kier alpha value is -0.230. The SMILES string of the molecule is CC.CC.CC1C=C(CNc2cc(Cl)nc3c(Br)c(C4CCCCC4)sc23)SC1. The molecule has 1 aliphatic carbocycles. The average molecular weight is 518 g/mol. The number of fused-ring (bicyclic) bond motifs is 1. The first-order chi connectivity index (χ1) is 14.1. The largest absolute Gasteiger partial charge is 0.379 e. The summed E-state index contributed by atoms with van der Waals surface area (Å²) in [5.74, 6) is 2.54. The molecule has 1 saturated carbocycles. The van der Waals surface area contributed by atoms with Gasteiger partial charge in [0, 0.05) is 28.1 Å². The quantitative estimate of drug-likeness (QED) is 0.409. The van der Waals surface area contributed by atoms with E-state index in [0.29, 0.717) is 17.0 Å². The van der Waals surface area contributed by atoms with Crippen LogP contribution in [0, 0.1) is 5.92 Å². The summed E-state index contributed by atoms with van der Waals surface area (Å²) < 4.78 is 2.39. The average Bonchev–Trinajstić information content (AvgIpc) is 3.33. The molecule has 2 nitrogen and oxygen atoms in total. The molecule has 2 aliphatic rings. The second-order valence-electron chi connectivity index (χ2n) is 7.06. The Morgan fingerprint density at radius 1 is 1.17 bits per heavy atom. The minimum atomic E-state index is 0.560. The Balaban J connectivity index is 0.000000707. The number of hydrogen-bond acceptors (Lipinski definition) is 4. The highest BCUT2D eigenvalue weighted by molar-refractivity contribution is 9.10. The van der Waals surface area contributed by atoms with Crippen molar-refractivity contribution in [2.45, 2.75) is 72.6 Å². The van der Waals surface area contributed by atoms with Gasteiger partial charge >= 0.3 is 0 Å². The van der Waals surface area contributed by atoms with Crippen molar-refractivity contribution in [3.63, 3.8) is 0 Å². The van der Waals surface area contributed by atoms with E-state index >= 15 is 0 Å². The van der Waals surface area contributed by atoms with Gasteiger partial charge < -0.3 is 5.32 Å². The minimum absolute atomic E-state index is 0.560. The number of thioether (sulfide) groups is 1. The number of thiophene rings is 1. The van der Waals surface area contributed by atoms with Crippen LogP contribution < -0.4 is 5.32 Å². The molecular formula is C23H34BrClN2S2. The van der Waals surface area contributed by atoms with Crippen LogP contribution in [0.3, 0.4) is 0 Å². The number of halogens is 2. The summed E-state index contributed by atoms with van der Waals surface area (Å²) in [4.78, 5) is 7.49. The van der Waals surface area contributed by atoms with Crippen LogP contribution in [0.4, 0.5) is 5.69 Å². The first kappa shape index (κ1) is 25.0. The van der Waals surface area contributed by atoms with Crippen LogP contribution in [0.5, 0.6) is 0 Å². The Morgan fingerprint density at radius 3 is 2.48 bits per heavy atom. The van der Waals surface area contributed by atoms with E-state index in [1.165, 1.54) is 52.3 Å². The third kappa shape index (κ3) is 6.38. The lowest BCUT2D eigenvalue weighted by Crippen LogP contribution is -2.02. The van der Waals surface area contributed by atoms with Crippen molar-refractivity contribution in [1.29, 1.82) is 0 Å². The molecule has 0 spiro atoms. The van der Waals surface area contributed by atoms with Gasteiger partial charge in [0.25, 0.3) is 0 Å². The monoisotopic (exact) mass is 516 g/mol. The number of aromatic nitrogens is 1. The van der Waals surface area contributed by atoms with Gasteiger partial charge in [0.05, 0.1) is 20.4 Å². The van der Waals surface area contributed by atoms with Crippen molar-refractivity contribution < 1.29 is 0 Å². The van der Waals surface area contributed by atoms with Gasteiger partial charge in [-0.05, 0) is 40.6 Å². The van der Waals surface area contributed by atoms with Crippen LogP contribution in [0.2, 0.25) is 5.15 Å². The molecule has 162 valence electrons. The summed E-state index contributed by atoms with van der Waals surface area (Å²) in [7, 11) is 0. The molecule has 3 heterocycles. The normalized spacial score (nSPS) is 19.1. The van der Waals surface area contributed by atoms with E-state index < -0.39 is 0 Å². The molecule has 1 unspecified atom stereocenters. The van der Waals surface area contributed by atoms with Gasteiger partial charge in [0.1, 0.15) is 5.15 Å². The van der Waals surface area contributed by atoms with E-state index in [1.807, 2.05) is 56.9 Å². The van der Waals surface area contributed by atoms with Crippen molar-refractivity contribution in [2.24, 2.45) is 5.92 Å². The fourth-order valence-electron chi connectivity index (χ4n) is 3.73. The van der Waals surface area contributed by atoms with Crippen LogP contribution in [0.15, 0.2) is 21.5 Å². The van der Waals surface area contributed by atoms with Crippen molar-refractivity contribution in [3.8, 4) is 0 Å². The predicted molar refractivity (Wildman–Crippen MR) is 139 cm³/mol. The lowest BCUT2D eigenvalue weighted by Gasteiger charge is -2.20. The number of rotatable bonds is 4. The van der Waals surface area contributed by atoms with Gasteiger partial charge in [0.2, 0.25) is 0 Å². The standard InChI is InChI=1S/C19H22BrClN2S2.2C2H6/c1-11-7-13(24-10-11)9-22-14-8-15(21)23-17-16(20)18(25-19(14)17)12-5-3-2-4-6-12;2*1-2/h7-8,11-12H,2-6,9-10H2,1H3,(H,22,23);2*1-2H3. The molecular weight excluding hydrogens is 484 g/mol. The van der Waals surface area contributed by atoms with Crippen LogP contribution in [-0.4, -0.2) is 17.3 Å². The molecule has 1 atom stereocenters. The highest BCUT2D eigenvalue weighted by Gasteiger charge is 2.24. The van der Waals surface area contributed by atoms with E-state index in [-0.39, 0.29) is 0 Å². The zero-order chi connectivity index (χ0) is 21.4. The maximum atomic E-state index is 6.32. The maximum Gasteiger partial charge on any atom is 0.131 e. The lowest BCUT2D eigenvalue weighted by atomic mass is 9.88. The van der Waals surface area contributed by atoms with Gasteiger partial charge in [-0.25, -0.2) is 4.98 Å². The van der Waals surface area contributed by atoms with Crippen molar-refractivity contribution in [2.75, 3.05) is 17.6 Å². The van der Waals surface area contributed by atoms with Crippen LogP contribution >= 0.6 is 50.6 Å². The maximum absolute atomic E-state index is 6.32. The van der Waals surface area contributed by atoms with Crippen molar-refractivity contribution in [3.05, 3.63) is 31.6 Å². The van der Waals surface area contributed by atoms with Crippen LogP contribution in [-0.2, 0) is 0 Å². The van der Waals surface area contributed by atoms with E-state index in [4.69, 9.17) is 11.6 Å². The highest BCUT2D eigenvalue weighted by atomic mass is 79.9. The second kappa shape index (κ2) is 12.6. The number of pyridine rings is 1.